The van der Waals surface area contributed by atoms with Crippen LogP contribution in [0.2, 0.25) is 0 Å². The second-order valence-electron chi connectivity index (χ2n) is 4.67. The van der Waals surface area contributed by atoms with E-state index in [1.165, 1.54) is 0 Å². The van der Waals surface area contributed by atoms with Gasteiger partial charge in [-0.15, -0.1) is 0 Å². The zero-order valence-electron chi connectivity index (χ0n) is 11.2. The van der Waals surface area contributed by atoms with Gasteiger partial charge in [-0.25, -0.2) is 0 Å². The molecule has 1 saturated heterocycles. The molecule has 1 aliphatic rings. The van der Waals surface area contributed by atoms with Crippen LogP contribution >= 0.6 is 0 Å². The van der Waals surface area contributed by atoms with Crippen LogP contribution in [0.4, 0.5) is 5.69 Å². The molecule has 1 heterocycles. The summed E-state index contributed by atoms with van der Waals surface area (Å²) < 4.78 is 11.1. The number of rotatable bonds is 5. The van der Waals surface area contributed by atoms with E-state index in [1.807, 2.05) is 13.0 Å². The van der Waals surface area contributed by atoms with Gasteiger partial charge in [-0.3, -0.25) is 9.59 Å². The second kappa shape index (κ2) is 6.02. The van der Waals surface area contributed by atoms with Crippen molar-refractivity contribution in [1.82, 2.24) is 0 Å². The molecule has 1 aliphatic heterocycles. The minimum Gasteiger partial charge on any atom is -0.481 e. The number of carbonyl (C=O) groups is 2. The van der Waals surface area contributed by atoms with Gasteiger partial charge in [0.15, 0.2) is 5.79 Å². The predicted molar refractivity (Wildman–Crippen MR) is 71.2 cm³/mol. The first kappa shape index (κ1) is 14.5. The van der Waals surface area contributed by atoms with Gasteiger partial charge in [0.25, 0.3) is 0 Å². The molecule has 0 aromatic heterocycles. The summed E-state index contributed by atoms with van der Waals surface area (Å²) in [5, 5.41) is 11.2. The molecule has 2 rings (SSSR count). The normalized spacial score (nSPS) is 16.9. The van der Waals surface area contributed by atoms with Gasteiger partial charge in [-0.2, -0.15) is 0 Å². The zero-order chi connectivity index (χ0) is 14.6. The molecular formula is C14H17NO5. The van der Waals surface area contributed by atoms with E-state index in [-0.39, 0.29) is 18.7 Å². The predicted octanol–water partition coefficient (Wildman–Crippen LogP) is 1.71. The summed E-state index contributed by atoms with van der Waals surface area (Å²) in [6.07, 6.45) is -0.237. The molecule has 0 radical (unpaired) electrons. The fraction of sp³-hybridized carbons (Fsp3) is 0.429. The van der Waals surface area contributed by atoms with Crippen molar-refractivity contribution in [2.75, 3.05) is 18.5 Å². The molecule has 0 spiro atoms. The maximum absolute atomic E-state index is 11.6. The lowest BCUT2D eigenvalue weighted by Crippen LogP contribution is -2.22. The number of ether oxygens (including phenoxy) is 2. The lowest BCUT2D eigenvalue weighted by atomic mass is 10.1. The van der Waals surface area contributed by atoms with Gasteiger partial charge in [0.05, 0.1) is 19.6 Å². The van der Waals surface area contributed by atoms with Crippen molar-refractivity contribution in [1.29, 1.82) is 0 Å². The highest BCUT2D eigenvalue weighted by atomic mass is 16.7. The number of hydrogen-bond acceptors (Lipinski definition) is 4. The van der Waals surface area contributed by atoms with Crippen molar-refractivity contribution in [3.05, 3.63) is 29.8 Å². The fourth-order valence-corrected chi connectivity index (χ4v) is 2.00. The summed E-state index contributed by atoms with van der Waals surface area (Å²) in [6, 6.07) is 7.15. The number of carboxylic acids is 1. The Bertz CT molecular complexity index is 508. The van der Waals surface area contributed by atoms with E-state index in [0.717, 1.165) is 5.56 Å². The molecule has 1 amide bonds. The minimum atomic E-state index is -0.992. The summed E-state index contributed by atoms with van der Waals surface area (Å²) in [4.78, 5) is 22.0. The number of nitrogens with one attached hydrogen (secondary N) is 1. The molecule has 108 valence electrons. The third kappa shape index (κ3) is 3.55. The van der Waals surface area contributed by atoms with Gasteiger partial charge in [0.1, 0.15) is 0 Å². The molecule has 2 N–H and O–H groups in total. The maximum atomic E-state index is 11.6. The van der Waals surface area contributed by atoms with Crippen molar-refractivity contribution in [2.24, 2.45) is 0 Å². The molecule has 0 aliphatic carbocycles. The first-order chi connectivity index (χ1) is 9.49. The molecular weight excluding hydrogens is 262 g/mol. The highest BCUT2D eigenvalue weighted by Gasteiger charge is 2.33. The number of anilines is 1. The van der Waals surface area contributed by atoms with Crippen LogP contribution in [-0.4, -0.2) is 30.2 Å². The first-order valence-electron chi connectivity index (χ1n) is 6.40. The topological polar surface area (TPSA) is 84.9 Å². The summed E-state index contributed by atoms with van der Waals surface area (Å²) in [5.74, 6) is -2.11. The Morgan fingerprint density at radius 1 is 1.30 bits per heavy atom. The number of carboxylic acid groups (broad SMARTS) is 1. The van der Waals surface area contributed by atoms with Crippen LogP contribution in [0.15, 0.2) is 24.3 Å². The molecule has 6 nitrogen and oxygen atoms in total. The summed E-state index contributed by atoms with van der Waals surface area (Å²) in [7, 11) is 0. The Hall–Kier alpha value is -1.92. The van der Waals surface area contributed by atoms with E-state index in [9.17, 15) is 9.59 Å². The van der Waals surface area contributed by atoms with E-state index in [2.05, 4.69) is 5.32 Å². The third-order valence-electron chi connectivity index (χ3n) is 3.07. The maximum Gasteiger partial charge on any atom is 0.303 e. The van der Waals surface area contributed by atoms with Crippen LogP contribution in [0.5, 0.6) is 0 Å². The van der Waals surface area contributed by atoms with Crippen LogP contribution in [-0.2, 0) is 24.8 Å². The fourth-order valence-electron chi connectivity index (χ4n) is 2.00. The van der Waals surface area contributed by atoms with E-state index >= 15 is 0 Å². The van der Waals surface area contributed by atoms with Crippen LogP contribution in [0.25, 0.3) is 0 Å². The SMILES string of the molecule is CC1(c2cccc(NC(=O)CCC(=O)O)c2)OCCO1. The van der Waals surface area contributed by atoms with E-state index in [0.29, 0.717) is 18.9 Å². The summed E-state index contributed by atoms with van der Waals surface area (Å²) >= 11 is 0. The van der Waals surface area contributed by atoms with Crippen molar-refractivity contribution in [3.63, 3.8) is 0 Å². The van der Waals surface area contributed by atoms with Crippen LogP contribution in [0, 0.1) is 0 Å². The quantitative estimate of drug-likeness (QED) is 0.857. The lowest BCUT2D eigenvalue weighted by Gasteiger charge is -2.23. The third-order valence-corrected chi connectivity index (χ3v) is 3.07. The van der Waals surface area contributed by atoms with Crippen molar-refractivity contribution >= 4 is 17.6 Å². The number of aliphatic carboxylic acids is 1. The lowest BCUT2D eigenvalue weighted by molar-refractivity contribution is -0.149. The first-order valence-corrected chi connectivity index (χ1v) is 6.40. The average molecular weight is 279 g/mol. The van der Waals surface area contributed by atoms with Crippen LogP contribution < -0.4 is 5.32 Å². The standard InChI is InChI=1S/C14H17NO5/c1-14(19-7-8-20-14)10-3-2-4-11(9-10)15-12(16)5-6-13(17)18/h2-4,9H,5-8H2,1H3,(H,15,16)(H,17,18). The Morgan fingerprint density at radius 3 is 2.65 bits per heavy atom. The number of hydrogen-bond donors (Lipinski definition) is 2. The van der Waals surface area contributed by atoms with E-state index in [4.69, 9.17) is 14.6 Å². The molecule has 0 saturated carbocycles. The van der Waals surface area contributed by atoms with Gasteiger partial charge >= 0.3 is 5.97 Å². The summed E-state index contributed by atoms with van der Waals surface area (Å²) in [6.45, 7) is 2.89. The minimum absolute atomic E-state index is 0.0518. The van der Waals surface area contributed by atoms with Crippen LogP contribution in [0.1, 0.15) is 25.3 Å². The van der Waals surface area contributed by atoms with Gasteiger partial charge in [0.2, 0.25) is 5.91 Å². The molecule has 1 aromatic carbocycles. The van der Waals surface area contributed by atoms with Gasteiger partial charge < -0.3 is 19.9 Å². The number of benzene rings is 1. The van der Waals surface area contributed by atoms with E-state index in [1.54, 1.807) is 18.2 Å². The Labute approximate surface area is 116 Å². The summed E-state index contributed by atoms with van der Waals surface area (Å²) in [5.41, 5.74) is 1.41. The van der Waals surface area contributed by atoms with Gasteiger partial charge in [-0.1, -0.05) is 12.1 Å². The largest absolute Gasteiger partial charge is 0.481 e. The van der Waals surface area contributed by atoms with Crippen LogP contribution in [0.3, 0.4) is 0 Å². The molecule has 1 fully saturated rings. The second-order valence-corrected chi connectivity index (χ2v) is 4.67. The molecule has 1 aromatic rings. The van der Waals surface area contributed by atoms with E-state index < -0.39 is 11.8 Å². The smallest absolute Gasteiger partial charge is 0.303 e. The average Bonchev–Trinajstić information content (AvgIpc) is 2.85. The number of carbonyl (C=O) groups excluding carboxylic acids is 1. The van der Waals surface area contributed by atoms with Crippen molar-refractivity contribution in [2.45, 2.75) is 25.6 Å². The Morgan fingerprint density at radius 2 is 2.00 bits per heavy atom. The molecule has 0 atom stereocenters. The monoisotopic (exact) mass is 279 g/mol. The molecule has 20 heavy (non-hydrogen) atoms. The Balaban J connectivity index is 2.02. The highest BCUT2D eigenvalue weighted by molar-refractivity contribution is 5.92. The number of amides is 1. The Kier molecular flexibility index (Phi) is 4.36. The van der Waals surface area contributed by atoms with Crippen molar-refractivity contribution < 1.29 is 24.2 Å². The molecule has 0 unspecified atom stereocenters. The van der Waals surface area contributed by atoms with Crippen molar-refractivity contribution in [3.8, 4) is 0 Å². The van der Waals surface area contributed by atoms with Gasteiger partial charge in [-0.05, 0) is 19.1 Å². The zero-order valence-corrected chi connectivity index (χ0v) is 11.2. The highest BCUT2D eigenvalue weighted by Crippen LogP contribution is 2.32. The molecule has 0 bridgehead atoms. The van der Waals surface area contributed by atoms with Gasteiger partial charge in [0, 0.05) is 17.7 Å². The molecule has 6 heteroatoms.